The van der Waals surface area contributed by atoms with Crippen LogP contribution in [0.4, 0.5) is 5.95 Å². The fourth-order valence-corrected chi connectivity index (χ4v) is 1.72. The molecule has 0 aliphatic carbocycles. The largest absolute Gasteiger partial charge is 0.367 e. The van der Waals surface area contributed by atoms with Crippen LogP contribution < -0.4 is 10.9 Å². The molecule has 0 aliphatic rings. The van der Waals surface area contributed by atoms with Gasteiger partial charge in [0.2, 0.25) is 5.95 Å². The minimum Gasteiger partial charge on any atom is -0.367 e. The van der Waals surface area contributed by atoms with Gasteiger partial charge in [-0.2, -0.15) is 4.98 Å². The molecule has 0 saturated heterocycles. The fraction of sp³-hybridized carbons (Fsp3) is 0.375. The predicted molar refractivity (Wildman–Crippen MR) is 65.9 cm³/mol. The Hall–Kier alpha value is -1.74. The Labute approximate surface area is 106 Å². The summed E-state index contributed by atoms with van der Waals surface area (Å²) in [5, 5.41) is 2.76. The summed E-state index contributed by atoms with van der Waals surface area (Å²) >= 11 is 0. The number of aromatic nitrogens is 4. The van der Waals surface area contributed by atoms with Gasteiger partial charge in [-0.3, -0.25) is 14.3 Å². The van der Waals surface area contributed by atoms with E-state index in [1.54, 1.807) is 0 Å². The van der Waals surface area contributed by atoms with Crippen LogP contribution in [0.1, 0.15) is 0 Å². The maximum Gasteiger partial charge on any atom is 0.350 e. The lowest BCUT2D eigenvalue weighted by atomic mass is 10.5. The summed E-state index contributed by atoms with van der Waals surface area (Å²) < 4.78 is 15.3. The molecule has 104 valence electrons. The molecule has 0 bridgehead atoms. The number of hydrogen-bond acceptors (Lipinski definition) is 6. The fourth-order valence-electron chi connectivity index (χ4n) is 1.35. The number of H-pyrrole nitrogens is 2. The Morgan fingerprint density at radius 2 is 2.26 bits per heavy atom. The number of nitrogens with one attached hydrogen (secondary N) is 3. The first-order chi connectivity index (χ1) is 8.96. The van der Waals surface area contributed by atoms with Crippen LogP contribution in [0.2, 0.25) is 0 Å². The molecular formula is C8H12N5O5P. The Kier molecular flexibility index (Phi) is 3.96. The van der Waals surface area contributed by atoms with Crippen molar-refractivity contribution >= 4 is 24.7 Å². The molecule has 0 atom stereocenters. The van der Waals surface area contributed by atoms with Crippen molar-refractivity contribution in [3.05, 3.63) is 16.7 Å². The Morgan fingerprint density at radius 1 is 1.47 bits per heavy atom. The van der Waals surface area contributed by atoms with Gasteiger partial charge in [0.25, 0.3) is 5.56 Å². The molecule has 2 aromatic rings. The Morgan fingerprint density at radius 3 is 3.00 bits per heavy atom. The zero-order chi connectivity index (χ0) is 13.9. The van der Waals surface area contributed by atoms with E-state index in [0.717, 1.165) is 0 Å². The summed E-state index contributed by atoms with van der Waals surface area (Å²) in [6.07, 6.45) is 0.719. The Balaban J connectivity index is 1.88. The number of fused-ring (bicyclic) bond motifs is 1. The molecule has 0 aliphatic heterocycles. The maximum atomic E-state index is 11.5. The molecule has 2 rings (SSSR count). The third-order valence-corrected chi connectivity index (χ3v) is 2.61. The number of anilines is 1. The van der Waals surface area contributed by atoms with Gasteiger partial charge in [0.05, 0.1) is 12.9 Å². The molecule has 10 nitrogen and oxygen atoms in total. The van der Waals surface area contributed by atoms with Crippen molar-refractivity contribution in [2.45, 2.75) is 0 Å². The number of nitrogens with zero attached hydrogens (tertiary/aromatic N) is 2. The quantitative estimate of drug-likeness (QED) is 0.342. The first-order valence-corrected chi connectivity index (χ1v) is 7.05. The summed E-state index contributed by atoms with van der Waals surface area (Å²) in [5.41, 5.74) is 0.201. The zero-order valence-corrected chi connectivity index (χ0v) is 10.6. The van der Waals surface area contributed by atoms with E-state index >= 15 is 0 Å². The van der Waals surface area contributed by atoms with E-state index < -0.39 is 13.9 Å². The highest BCUT2D eigenvalue weighted by Gasteiger charge is 2.12. The van der Waals surface area contributed by atoms with Crippen molar-refractivity contribution in [2.24, 2.45) is 0 Å². The molecule has 0 aromatic carbocycles. The van der Waals surface area contributed by atoms with E-state index in [9.17, 15) is 9.36 Å². The second-order valence-corrected chi connectivity index (χ2v) is 5.23. The number of aromatic amines is 2. The van der Waals surface area contributed by atoms with Crippen LogP contribution in [-0.4, -0.2) is 49.2 Å². The molecule has 0 amide bonds. The third-order valence-electron chi connectivity index (χ3n) is 2.09. The minimum absolute atomic E-state index is 0.0629. The first-order valence-electron chi connectivity index (χ1n) is 5.25. The summed E-state index contributed by atoms with van der Waals surface area (Å²) in [5.74, 6) is 0.212. The van der Waals surface area contributed by atoms with E-state index in [-0.39, 0.29) is 35.8 Å². The molecule has 0 saturated carbocycles. The standard InChI is InChI=1S/C8H12N5O5P/c14-7-5-6(11-3-10-5)12-8(13-7)9-1-2-18-4-19(15,16)17/h3H,1-2,4H2,(H2,15,16,17)(H3,9,10,11,12,13,14). The topological polar surface area (TPSA) is 153 Å². The highest BCUT2D eigenvalue weighted by atomic mass is 31.2. The van der Waals surface area contributed by atoms with E-state index in [1.165, 1.54) is 6.33 Å². The molecule has 0 unspecified atom stereocenters. The van der Waals surface area contributed by atoms with Crippen LogP contribution in [0, 0.1) is 0 Å². The summed E-state index contributed by atoms with van der Waals surface area (Å²) in [7, 11) is -4.15. The number of imidazole rings is 1. The average Bonchev–Trinajstić information content (AvgIpc) is 2.75. The lowest BCUT2D eigenvalue weighted by Gasteiger charge is -2.07. The highest BCUT2D eigenvalue weighted by molar-refractivity contribution is 7.51. The molecule has 2 heterocycles. The van der Waals surface area contributed by atoms with Gasteiger partial charge in [0, 0.05) is 6.54 Å². The summed E-state index contributed by atoms with van der Waals surface area (Å²) in [6.45, 7) is 0.298. The van der Waals surface area contributed by atoms with Gasteiger partial charge in [-0.05, 0) is 0 Å². The maximum absolute atomic E-state index is 11.5. The molecule has 19 heavy (non-hydrogen) atoms. The minimum atomic E-state index is -4.15. The van der Waals surface area contributed by atoms with Gasteiger partial charge in [-0.15, -0.1) is 0 Å². The van der Waals surface area contributed by atoms with E-state index in [2.05, 4.69) is 25.3 Å². The number of hydrogen-bond donors (Lipinski definition) is 5. The van der Waals surface area contributed by atoms with Crippen molar-refractivity contribution in [1.82, 2.24) is 19.9 Å². The first kappa shape index (κ1) is 13.7. The molecule has 11 heteroatoms. The van der Waals surface area contributed by atoms with E-state index in [4.69, 9.17) is 14.5 Å². The summed E-state index contributed by atoms with van der Waals surface area (Å²) in [6, 6.07) is 0. The van der Waals surface area contributed by atoms with Crippen molar-refractivity contribution in [3.8, 4) is 0 Å². The van der Waals surface area contributed by atoms with Gasteiger partial charge < -0.3 is 24.8 Å². The van der Waals surface area contributed by atoms with Gasteiger partial charge in [0.15, 0.2) is 11.2 Å². The SMILES string of the molecule is O=c1[nH]c(NCCOCP(=O)(O)O)nc2nc[nH]c12. The molecule has 5 N–H and O–H groups in total. The molecule has 0 radical (unpaired) electrons. The van der Waals surface area contributed by atoms with E-state index in [0.29, 0.717) is 0 Å². The zero-order valence-electron chi connectivity index (χ0n) is 9.66. The second-order valence-electron chi connectivity index (χ2n) is 3.64. The normalized spacial score (nSPS) is 11.9. The van der Waals surface area contributed by atoms with Crippen LogP contribution in [0.25, 0.3) is 11.2 Å². The average molecular weight is 289 g/mol. The Bertz CT molecular complexity index is 661. The van der Waals surface area contributed by atoms with Crippen LogP contribution >= 0.6 is 7.60 Å². The van der Waals surface area contributed by atoms with Crippen molar-refractivity contribution in [1.29, 1.82) is 0 Å². The van der Waals surface area contributed by atoms with Crippen LogP contribution in [0.5, 0.6) is 0 Å². The highest BCUT2D eigenvalue weighted by Crippen LogP contribution is 2.33. The number of ether oxygens (including phenoxy) is 1. The van der Waals surface area contributed by atoms with Crippen molar-refractivity contribution in [3.63, 3.8) is 0 Å². The van der Waals surface area contributed by atoms with Gasteiger partial charge in [-0.25, -0.2) is 4.98 Å². The smallest absolute Gasteiger partial charge is 0.350 e. The lowest BCUT2D eigenvalue weighted by Crippen LogP contribution is -2.16. The van der Waals surface area contributed by atoms with Gasteiger partial charge in [0.1, 0.15) is 6.35 Å². The van der Waals surface area contributed by atoms with Crippen molar-refractivity contribution < 1.29 is 19.1 Å². The van der Waals surface area contributed by atoms with Gasteiger partial charge >= 0.3 is 7.60 Å². The lowest BCUT2D eigenvalue weighted by molar-refractivity contribution is 0.166. The molecule has 0 fully saturated rings. The second kappa shape index (κ2) is 5.49. The molecule has 2 aromatic heterocycles. The molecule has 0 spiro atoms. The number of rotatable bonds is 6. The molecular weight excluding hydrogens is 277 g/mol. The van der Waals surface area contributed by atoms with Crippen molar-refractivity contribution in [2.75, 3.05) is 24.8 Å². The monoisotopic (exact) mass is 289 g/mol. The predicted octanol–water partition coefficient (Wildman–Crippen LogP) is -0.790. The van der Waals surface area contributed by atoms with E-state index in [1.807, 2.05) is 0 Å². The van der Waals surface area contributed by atoms with Crippen LogP contribution in [-0.2, 0) is 9.30 Å². The third kappa shape index (κ3) is 3.86. The van der Waals surface area contributed by atoms with Gasteiger partial charge in [-0.1, -0.05) is 0 Å². The summed E-state index contributed by atoms with van der Waals surface area (Å²) in [4.78, 5) is 41.7. The van der Waals surface area contributed by atoms with Crippen LogP contribution in [0.15, 0.2) is 11.1 Å². The van der Waals surface area contributed by atoms with Crippen LogP contribution in [0.3, 0.4) is 0 Å².